The van der Waals surface area contributed by atoms with E-state index in [0.29, 0.717) is 18.4 Å². The van der Waals surface area contributed by atoms with Crippen LogP contribution in [0.1, 0.15) is 51.3 Å². The van der Waals surface area contributed by atoms with Crippen LogP contribution in [0, 0.1) is 0 Å². The van der Waals surface area contributed by atoms with Crippen LogP contribution in [-0.4, -0.2) is 38.3 Å². The summed E-state index contributed by atoms with van der Waals surface area (Å²) in [5, 5.41) is 3.64. The van der Waals surface area contributed by atoms with E-state index in [-0.39, 0.29) is 5.91 Å². The van der Waals surface area contributed by atoms with Gasteiger partial charge < -0.3 is 10.2 Å². The number of nitrogens with one attached hydrogen (secondary N) is 1. The average Bonchev–Trinajstić information content (AvgIpc) is 2.67. The third-order valence-electron chi connectivity index (χ3n) is 4.92. The van der Waals surface area contributed by atoms with Gasteiger partial charge in [-0.15, -0.1) is 0 Å². The van der Waals surface area contributed by atoms with E-state index in [1.807, 2.05) is 17.0 Å². The van der Waals surface area contributed by atoms with Gasteiger partial charge in [0.25, 0.3) is 0 Å². The van der Waals surface area contributed by atoms with Crippen LogP contribution in [0.25, 0.3) is 11.4 Å². The molecule has 0 aliphatic carbocycles. The molecule has 1 aliphatic rings. The van der Waals surface area contributed by atoms with Crippen LogP contribution in [0.4, 0.5) is 5.82 Å². The molecule has 1 aliphatic heterocycles. The molecular weight excluding hydrogens is 326 g/mol. The van der Waals surface area contributed by atoms with Gasteiger partial charge in [0.15, 0.2) is 5.82 Å². The molecule has 0 radical (unpaired) electrons. The monoisotopic (exact) mass is 353 g/mol. The molecule has 0 bridgehead atoms. The quantitative estimate of drug-likeness (QED) is 0.861. The fourth-order valence-electron chi connectivity index (χ4n) is 3.37. The maximum atomic E-state index is 11.8. The minimum Gasteiger partial charge on any atom is -0.367 e. The molecule has 0 saturated heterocycles. The Labute approximate surface area is 155 Å². The second-order valence-electron chi connectivity index (χ2n) is 6.79. The third-order valence-corrected chi connectivity index (χ3v) is 4.92. The number of anilines is 1. The highest BCUT2D eigenvalue weighted by Crippen LogP contribution is 2.28. The van der Waals surface area contributed by atoms with Crippen molar-refractivity contribution in [3.8, 4) is 11.4 Å². The van der Waals surface area contributed by atoms with Crippen LogP contribution in [0.5, 0.6) is 0 Å². The van der Waals surface area contributed by atoms with Crippen molar-refractivity contribution in [3.63, 3.8) is 0 Å². The van der Waals surface area contributed by atoms with Gasteiger partial charge in [-0.25, -0.2) is 9.97 Å². The van der Waals surface area contributed by atoms with E-state index < -0.39 is 0 Å². The molecular formula is C20H27N5O. The fourth-order valence-corrected chi connectivity index (χ4v) is 3.37. The number of hydrogen-bond donors (Lipinski definition) is 1. The second-order valence-corrected chi connectivity index (χ2v) is 6.79. The predicted molar refractivity (Wildman–Crippen MR) is 103 cm³/mol. The number of pyridine rings is 1. The molecule has 3 heterocycles. The number of carbonyl (C=O) groups excluding carboxylic acids is 1. The molecule has 1 atom stereocenters. The lowest BCUT2D eigenvalue weighted by molar-refractivity contribution is -0.129. The zero-order valence-corrected chi connectivity index (χ0v) is 15.8. The molecule has 6 nitrogen and oxygen atoms in total. The van der Waals surface area contributed by atoms with Crippen LogP contribution in [0.15, 0.2) is 24.5 Å². The molecule has 2 aromatic heterocycles. The normalized spacial score (nSPS) is 14.7. The van der Waals surface area contributed by atoms with Gasteiger partial charge in [-0.3, -0.25) is 9.78 Å². The molecule has 2 aromatic rings. The molecule has 1 N–H and O–H groups in total. The minimum absolute atomic E-state index is 0.0895. The predicted octanol–water partition coefficient (Wildman–Crippen LogP) is 3.43. The Morgan fingerprint density at radius 1 is 1.27 bits per heavy atom. The first-order valence-corrected chi connectivity index (χ1v) is 9.44. The van der Waals surface area contributed by atoms with E-state index in [1.165, 1.54) is 0 Å². The Bertz CT molecular complexity index is 762. The lowest BCUT2D eigenvalue weighted by atomic mass is 10.0. The average molecular weight is 353 g/mol. The van der Waals surface area contributed by atoms with Crippen molar-refractivity contribution in [1.29, 1.82) is 0 Å². The van der Waals surface area contributed by atoms with Crippen LogP contribution in [-0.2, 0) is 17.8 Å². The summed E-state index contributed by atoms with van der Waals surface area (Å²) < 4.78 is 0. The topological polar surface area (TPSA) is 71.0 Å². The van der Waals surface area contributed by atoms with Crippen LogP contribution in [0.2, 0.25) is 0 Å². The summed E-state index contributed by atoms with van der Waals surface area (Å²) in [6, 6.07) is 4.23. The first kappa shape index (κ1) is 18.3. The lowest BCUT2D eigenvalue weighted by Crippen LogP contribution is -2.36. The van der Waals surface area contributed by atoms with Crippen molar-refractivity contribution >= 4 is 11.7 Å². The highest BCUT2D eigenvalue weighted by atomic mass is 16.2. The number of amides is 1. The Morgan fingerprint density at radius 3 is 2.69 bits per heavy atom. The summed E-state index contributed by atoms with van der Waals surface area (Å²) in [5.74, 6) is 1.70. The van der Waals surface area contributed by atoms with Gasteiger partial charge in [0.2, 0.25) is 5.91 Å². The summed E-state index contributed by atoms with van der Waals surface area (Å²) in [4.78, 5) is 27.4. The molecule has 0 aromatic carbocycles. The molecule has 6 heteroatoms. The first-order chi connectivity index (χ1) is 12.6. The highest BCUT2D eigenvalue weighted by molar-refractivity contribution is 5.74. The van der Waals surface area contributed by atoms with E-state index in [4.69, 9.17) is 9.97 Å². The Hall–Kier alpha value is -2.50. The smallest absolute Gasteiger partial charge is 0.219 e. The summed E-state index contributed by atoms with van der Waals surface area (Å²) >= 11 is 0. The lowest BCUT2D eigenvalue weighted by Gasteiger charge is -2.29. The van der Waals surface area contributed by atoms with Crippen molar-refractivity contribution in [2.45, 2.75) is 59.0 Å². The summed E-state index contributed by atoms with van der Waals surface area (Å²) in [7, 11) is 0. The number of fused-ring (bicyclic) bond motifs is 1. The number of hydrogen-bond acceptors (Lipinski definition) is 5. The molecule has 1 amide bonds. The van der Waals surface area contributed by atoms with Gasteiger partial charge in [-0.05, 0) is 31.4 Å². The van der Waals surface area contributed by atoms with Gasteiger partial charge in [-0.1, -0.05) is 20.3 Å². The first-order valence-electron chi connectivity index (χ1n) is 9.44. The van der Waals surface area contributed by atoms with Crippen molar-refractivity contribution in [3.05, 3.63) is 35.8 Å². The molecule has 0 fully saturated rings. The van der Waals surface area contributed by atoms with Gasteiger partial charge in [0.05, 0.1) is 12.2 Å². The number of aromatic nitrogens is 3. The largest absolute Gasteiger partial charge is 0.367 e. The number of carbonyl (C=O) groups is 1. The van der Waals surface area contributed by atoms with E-state index in [0.717, 1.165) is 54.9 Å². The minimum atomic E-state index is 0.0895. The van der Waals surface area contributed by atoms with Crippen molar-refractivity contribution < 1.29 is 4.79 Å². The summed E-state index contributed by atoms with van der Waals surface area (Å²) in [6.07, 6.45) is 7.58. The summed E-state index contributed by atoms with van der Waals surface area (Å²) in [6.45, 7) is 7.28. The summed E-state index contributed by atoms with van der Waals surface area (Å²) in [5.41, 5.74) is 3.03. The maximum Gasteiger partial charge on any atom is 0.219 e. The molecule has 1 unspecified atom stereocenters. The van der Waals surface area contributed by atoms with Gasteiger partial charge in [0, 0.05) is 43.0 Å². The van der Waals surface area contributed by atoms with Crippen molar-refractivity contribution in [2.75, 3.05) is 11.9 Å². The Balaban J connectivity index is 2.01. The van der Waals surface area contributed by atoms with Gasteiger partial charge in [-0.2, -0.15) is 0 Å². The molecule has 3 rings (SSSR count). The Kier molecular flexibility index (Phi) is 5.81. The van der Waals surface area contributed by atoms with Gasteiger partial charge >= 0.3 is 0 Å². The fraction of sp³-hybridized carbons (Fsp3) is 0.500. The third kappa shape index (κ3) is 4.00. The second kappa shape index (κ2) is 8.25. The Morgan fingerprint density at radius 2 is 2.04 bits per heavy atom. The maximum absolute atomic E-state index is 11.8. The van der Waals surface area contributed by atoms with E-state index in [2.05, 4.69) is 24.1 Å². The van der Waals surface area contributed by atoms with Crippen molar-refractivity contribution in [2.24, 2.45) is 0 Å². The van der Waals surface area contributed by atoms with E-state index >= 15 is 0 Å². The molecule has 0 saturated carbocycles. The standard InChI is InChI=1S/C20H27N5O/c1-4-6-16(5-2)22-20-17-9-12-25(14(3)26)13-18(17)23-19(24-20)15-7-10-21-11-8-15/h7-8,10-11,16H,4-6,9,12-13H2,1-3H3,(H,22,23,24). The zero-order valence-electron chi connectivity index (χ0n) is 15.8. The van der Waals surface area contributed by atoms with Crippen LogP contribution < -0.4 is 5.32 Å². The molecule has 0 spiro atoms. The van der Waals surface area contributed by atoms with Crippen LogP contribution in [0.3, 0.4) is 0 Å². The molecule has 26 heavy (non-hydrogen) atoms. The van der Waals surface area contributed by atoms with E-state index in [9.17, 15) is 4.79 Å². The number of rotatable bonds is 6. The molecule has 138 valence electrons. The SMILES string of the molecule is CCCC(CC)Nc1nc(-c2ccncc2)nc2c1CCN(C(C)=O)C2. The van der Waals surface area contributed by atoms with E-state index in [1.54, 1.807) is 19.3 Å². The number of nitrogens with zero attached hydrogens (tertiary/aromatic N) is 4. The van der Waals surface area contributed by atoms with Crippen LogP contribution >= 0.6 is 0 Å². The van der Waals surface area contributed by atoms with Gasteiger partial charge in [0.1, 0.15) is 5.82 Å². The zero-order chi connectivity index (χ0) is 18.5. The highest BCUT2D eigenvalue weighted by Gasteiger charge is 2.24. The van der Waals surface area contributed by atoms with Crippen molar-refractivity contribution in [1.82, 2.24) is 19.9 Å².